The SMILES string of the molecule is [2H]c1c(C)[n+](C)c(-c2cc(C)ccc2C)c2ccc(C(C)C)cc12. The van der Waals surface area contributed by atoms with Crippen molar-refractivity contribution in [3.63, 3.8) is 0 Å². The first kappa shape index (κ1) is 14.4. The van der Waals surface area contributed by atoms with Gasteiger partial charge in [-0.15, -0.1) is 0 Å². The van der Waals surface area contributed by atoms with Gasteiger partial charge in [0.15, 0.2) is 5.69 Å². The zero-order valence-corrected chi connectivity index (χ0v) is 15.0. The Bertz CT molecular complexity index is 939. The fourth-order valence-electron chi connectivity index (χ4n) is 3.17. The number of nitrogens with zero attached hydrogens (tertiary/aromatic N) is 1. The Balaban J connectivity index is 2.45. The molecule has 1 nitrogen and oxygen atoms in total. The second-order valence-electron chi connectivity index (χ2n) is 6.90. The van der Waals surface area contributed by atoms with Crippen molar-refractivity contribution in [2.45, 2.75) is 40.5 Å². The summed E-state index contributed by atoms with van der Waals surface area (Å²) < 4.78 is 10.8. The maximum absolute atomic E-state index is 8.60. The van der Waals surface area contributed by atoms with Crippen LogP contribution in [0.15, 0.2) is 42.4 Å². The van der Waals surface area contributed by atoms with Gasteiger partial charge in [0.2, 0.25) is 5.69 Å². The number of rotatable bonds is 2. The van der Waals surface area contributed by atoms with Crippen LogP contribution >= 0.6 is 0 Å². The zero-order valence-electron chi connectivity index (χ0n) is 16.0. The highest BCUT2D eigenvalue weighted by atomic mass is 14.9. The number of hydrogen-bond acceptors (Lipinski definition) is 0. The largest absolute Gasteiger partial charge is 0.220 e. The standard InChI is InChI=1S/C22H26N/c1-14(2)18-9-10-20-19(13-18)12-17(5)23(6)22(20)21-11-15(3)7-8-16(21)4/h7-14H,1-6H3/q+1/i12D. The maximum atomic E-state index is 8.60. The van der Waals surface area contributed by atoms with Gasteiger partial charge in [-0.05, 0) is 48.4 Å². The normalized spacial score (nSPS) is 12.0. The van der Waals surface area contributed by atoms with Crippen molar-refractivity contribution in [3.05, 3.63) is 64.8 Å². The second kappa shape index (κ2) is 5.81. The summed E-state index contributed by atoms with van der Waals surface area (Å²) in [6.07, 6.45) is 0. The first-order valence-corrected chi connectivity index (χ1v) is 8.31. The van der Waals surface area contributed by atoms with Crippen LogP contribution in [-0.4, -0.2) is 0 Å². The average Bonchev–Trinajstić information content (AvgIpc) is 2.55. The minimum atomic E-state index is 0.465. The molecule has 0 spiro atoms. The first-order valence-electron chi connectivity index (χ1n) is 8.81. The molecular weight excluding hydrogens is 278 g/mol. The minimum Gasteiger partial charge on any atom is -0.198 e. The molecule has 118 valence electrons. The van der Waals surface area contributed by atoms with Crippen LogP contribution in [-0.2, 0) is 7.05 Å². The molecule has 3 aromatic rings. The molecule has 3 rings (SSSR count). The summed E-state index contributed by atoms with van der Waals surface area (Å²) in [5.74, 6) is 0.465. The summed E-state index contributed by atoms with van der Waals surface area (Å²) in [5.41, 5.74) is 7.27. The molecule has 0 aliphatic heterocycles. The summed E-state index contributed by atoms with van der Waals surface area (Å²) in [5, 5.41) is 2.21. The zero-order chi connectivity index (χ0) is 17.6. The molecule has 0 amide bonds. The molecule has 0 fully saturated rings. The van der Waals surface area contributed by atoms with E-state index in [1.807, 2.05) is 6.92 Å². The molecule has 0 aliphatic carbocycles. The van der Waals surface area contributed by atoms with Gasteiger partial charge in [-0.2, -0.15) is 4.57 Å². The fourth-order valence-corrected chi connectivity index (χ4v) is 3.17. The molecule has 0 bridgehead atoms. The van der Waals surface area contributed by atoms with Crippen LogP contribution in [0.25, 0.3) is 22.0 Å². The Morgan fingerprint density at radius 3 is 2.43 bits per heavy atom. The van der Waals surface area contributed by atoms with Gasteiger partial charge in [-0.1, -0.05) is 43.7 Å². The van der Waals surface area contributed by atoms with Crippen LogP contribution in [0.5, 0.6) is 0 Å². The van der Waals surface area contributed by atoms with E-state index in [1.54, 1.807) is 0 Å². The molecule has 0 saturated heterocycles. The van der Waals surface area contributed by atoms with E-state index >= 15 is 0 Å². The molecule has 0 atom stereocenters. The van der Waals surface area contributed by atoms with Crippen LogP contribution in [0.3, 0.4) is 0 Å². The lowest BCUT2D eigenvalue weighted by Gasteiger charge is -2.12. The topological polar surface area (TPSA) is 3.88 Å². The molecule has 0 radical (unpaired) electrons. The van der Waals surface area contributed by atoms with E-state index in [2.05, 4.69) is 75.7 Å². The summed E-state index contributed by atoms with van der Waals surface area (Å²) in [7, 11) is 2.07. The molecule has 0 saturated carbocycles. The van der Waals surface area contributed by atoms with E-state index < -0.39 is 0 Å². The lowest BCUT2D eigenvalue weighted by atomic mass is 9.94. The second-order valence-corrected chi connectivity index (χ2v) is 6.90. The third kappa shape index (κ3) is 2.76. The molecule has 23 heavy (non-hydrogen) atoms. The van der Waals surface area contributed by atoms with Crippen LogP contribution in [0.4, 0.5) is 0 Å². The van der Waals surface area contributed by atoms with Crippen LogP contribution < -0.4 is 4.57 Å². The predicted octanol–water partition coefficient (Wildman–Crippen LogP) is 5.38. The van der Waals surface area contributed by atoms with Gasteiger partial charge in [0.25, 0.3) is 0 Å². The summed E-state index contributed by atoms with van der Waals surface area (Å²) in [4.78, 5) is 0. The maximum Gasteiger partial charge on any atom is 0.220 e. The van der Waals surface area contributed by atoms with Gasteiger partial charge in [0.1, 0.15) is 7.05 Å². The molecule has 1 heterocycles. The molecule has 0 aliphatic rings. The number of fused-ring (bicyclic) bond motifs is 1. The predicted molar refractivity (Wildman–Crippen MR) is 98.9 cm³/mol. The van der Waals surface area contributed by atoms with Crippen molar-refractivity contribution >= 4 is 10.8 Å². The smallest absolute Gasteiger partial charge is 0.198 e. The Hall–Kier alpha value is -2.15. The number of aryl methyl sites for hydroxylation is 2. The summed E-state index contributed by atoms with van der Waals surface area (Å²) in [6, 6.07) is 13.8. The lowest BCUT2D eigenvalue weighted by Crippen LogP contribution is -2.35. The molecule has 0 unspecified atom stereocenters. The number of hydrogen-bond donors (Lipinski definition) is 0. The highest BCUT2D eigenvalue weighted by molar-refractivity contribution is 5.94. The Labute approximate surface area is 141 Å². The molecular formula is C22H26N+. The number of aromatic nitrogens is 1. The highest BCUT2D eigenvalue weighted by Crippen LogP contribution is 2.31. The third-order valence-electron chi connectivity index (χ3n) is 4.77. The Morgan fingerprint density at radius 2 is 1.74 bits per heavy atom. The van der Waals surface area contributed by atoms with E-state index in [-0.39, 0.29) is 0 Å². The highest BCUT2D eigenvalue weighted by Gasteiger charge is 2.20. The number of benzene rings is 2. The monoisotopic (exact) mass is 305 g/mol. The first-order chi connectivity index (χ1) is 11.3. The molecule has 1 heteroatoms. The van der Waals surface area contributed by atoms with Crippen molar-refractivity contribution in [1.29, 1.82) is 0 Å². The van der Waals surface area contributed by atoms with Gasteiger partial charge < -0.3 is 0 Å². The summed E-state index contributed by atoms with van der Waals surface area (Å²) >= 11 is 0. The van der Waals surface area contributed by atoms with E-state index in [1.165, 1.54) is 27.9 Å². The van der Waals surface area contributed by atoms with E-state index in [4.69, 9.17) is 1.37 Å². The number of pyridine rings is 1. The minimum absolute atomic E-state index is 0.465. The summed E-state index contributed by atoms with van der Waals surface area (Å²) in [6.45, 7) is 10.7. The Kier molecular flexibility index (Phi) is 3.65. The van der Waals surface area contributed by atoms with Crippen molar-refractivity contribution in [3.8, 4) is 11.3 Å². The lowest BCUT2D eigenvalue weighted by molar-refractivity contribution is -0.665. The van der Waals surface area contributed by atoms with Gasteiger partial charge in [-0.25, -0.2) is 0 Å². The van der Waals surface area contributed by atoms with E-state index in [0.29, 0.717) is 12.0 Å². The molecule has 2 aromatic carbocycles. The van der Waals surface area contributed by atoms with Crippen LogP contribution in [0.2, 0.25) is 0 Å². The van der Waals surface area contributed by atoms with Gasteiger partial charge in [0, 0.05) is 18.5 Å². The molecule has 1 aromatic heterocycles. The molecule has 0 N–H and O–H groups in total. The average molecular weight is 305 g/mol. The van der Waals surface area contributed by atoms with Gasteiger partial charge in [0.05, 0.1) is 6.76 Å². The van der Waals surface area contributed by atoms with Crippen LogP contribution in [0.1, 0.15) is 43.5 Å². The van der Waals surface area contributed by atoms with Gasteiger partial charge in [-0.3, -0.25) is 0 Å². The Morgan fingerprint density at radius 1 is 1.00 bits per heavy atom. The van der Waals surface area contributed by atoms with E-state index in [9.17, 15) is 0 Å². The van der Waals surface area contributed by atoms with Gasteiger partial charge >= 0.3 is 0 Å². The van der Waals surface area contributed by atoms with Crippen molar-refractivity contribution < 1.29 is 5.94 Å². The fraction of sp³-hybridized carbons (Fsp3) is 0.318. The van der Waals surface area contributed by atoms with E-state index in [0.717, 1.165) is 16.5 Å². The van der Waals surface area contributed by atoms with Crippen molar-refractivity contribution in [1.82, 2.24) is 0 Å². The van der Waals surface area contributed by atoms with Crippen molar-refractivity contribution in [2.75, 3.05) is 0 Å². The van der Waals surface area contributed by atoms with Crippen LogP contribution in [0, 0.1) is 20.8 Å². The van der Waals surface area contributed by atoms with Crippen molar-refractivity contribution in [2.24, 2.45) is 7.05 Å². The third-order valence-corrected chi connectivity index (χ3v) is 4.77. The quantitative estimate of drug-likeness (QED) is 0.560.